The molecule has 2 aromatic rings. The minimum Gasteiger partial charge on any atom is -0.468 e. The highest BCUT2D eigenvalue weighted by atomic mass is 16.3. The lowest BCUT2D eigenvalue weighted by molar-refractivity contribution is -0.126. The SMILES string of the molecule is Cc1ccccc1N1CC[C@@H](CNC(=O)C2CCN(Cc3ccco3)CC2)C1. The van der Waals surface area contributed by atoms with Crippen molar-refractivity contribution in [3.63, 3.8) is 0 Å². The highest BCUT2D eigenvalue weighted by Crippen LogP contribution is 2.26. The van der Waals surface area contributed by atoms with E-state index in [-0.39, 0.29) is 11.8 Å². The molecular formula is C23H31N3O2. The average molecular weight is 382 g/mol. The summed E-state index contributed by atoms with van der Waals surface area (Å²) in [6, 6.07) is 12.5. The molecule has 0 unspecified atom stereocenters. The van der Waals surface area contributed by atoms with Crippen LogP contribution in [-0.2, 0) is 11.3 Å². The van der Waals surface area contributed by atoms with Gasteiger partial charge in [0.25, 0.3) is 0 Å². The molecule has 0 bridgehead atoms. The second-order valence-corrected chi connectivity index (χ2v) is 8.26. The smallest absolute Gasteiger partial charge is 0.223 e. The van der Waals surface area contributed by atoms with Gasteiger partial charge >= 0.3 is 0 Å². The van der Waals surface area contributed by atoms with Gasteiger partial charge in [0.1, 0.15) is 5.76 Å². The molecule has 4 rings (SSSR count). The molecule has 150 valence electrons. The molecule has 2 fully saturated rings. The van der Waals surface area contributed by atoms with Crippen LogP contribution in [0.1, 0.15) is 30.6 Å². The Balaban J connectivity index is 1.19. The average Bonchev–Trinajstić information content (AvgIpc) is 3.39. The van der Waals surface area contributed by atoms with E-state index < -0.39 is 0 Å². The molecule has 1 N–H and O–H groups in total. The van der Waals surface area contributed by atoms with Gasteiger partial charge in [-0.15, -0.1) is 0 Å². The highest BCUT2D eigenvalue weighted by Gasteiger charge is 2.28. The van der Waals surface area contributed by atoms with Crippen molar-refractivity contribution in [3.8, 4) is 0 Å². The maximum Gasteiger partial charge on any atom is 0.223 e. The molecule has 5 nitrogen and oxygen atoms in total. The zero-order valence-corrected chi connectivity index (χ0v) is 16.8. The molecule has 1 aromatic heterocycles. The number of piperidine rings is 1. The fourth-order valence-corrected chi connectivity index (χ4v) is 4.50. The first kappa shape index (κ1) is 19.1. The van der Waals surface area contributed by atoms with Crippen molar-refractivity contribution in [2.24, 2.45) is 11.8 Å². The Labute approximate surface area is 167 Å². The first-order valence-electron chi connectivity index (χ1n) is 10.5. The fourth-order valence-electron chi connectivity index (χ4n) is 4.50. The van der Waals surface area contributed by atoms with Gasteiger partial charge in [0.2, 0.25) is 5.91 Å². The topological polar surface area (TPSA) is 48.7 Å². The van der Waals surface area contributed by atoms with Crippen molar-refractivity contribution >= 4 is 11.6 Å². The monoisotopic (exact) mass is 381 g/mol. The van der Waals surface area contributed by atoms with Crippen molar-refractivity contribution in [2.75, 3.05) is 37.6 Å². The number of aryl methyl sites for hydroxylation is 1. The van der Waals surface area contributed by atoms with E-state index in [0.29, 0.717) is 5.92 Å². The molecule has 1 atom stereocenters. The minimum atomic E-state index is 0.154. The molecule has 0 aliphatic carbocycles. The van der Waals surface area contributed by atoms with E-state index >= 15 is 0 Å². The molecule has 0 spiro atoms. The Morgan fingerprint density at radius 2 is 1.93 bits per heavy atom. The Kier molecular flexibility index (Phi) is 6.01. The van der Waals surface area contributed by atoms with Gasteiger partial charge in [-0.05, 0) is 69.0 Å². The van der Waals surface area contributed by atoms with Crippen LogP contribution in [0.25, 0.3) is 0 Å². The number of rotatable bonds is 6. The number of nitrogens with zero attached hydrogens (tertiary/aromatic N) is 2. The Morgan fingerprint density at radius 1 is 1.11 bits per heavy atom. The van der Waals surface area contributed by atoms with E-state index in [1.54, 1.807) is 6.26 Å². The molecule has 28 heavy (non-hydrogen) atoms. The molecular weight excluding hydrogens is 350 g/mol. The summed E-state index contributed by atoms with van der Waals surface area (Å²) in [5.41, 5.74) is 2.66. The van der Waals surface area contributed by atoms with Gasteiger partial charge in [0, 0.05) is 31.2 Å². The van der Waals surface area contributed by atoms with Crippen LogP contribution in [0.15, 0.2) is 47.1 Å². The van der Waals surface area contributed by atoms with E-state index in [1.165, 1.54) is 11.3 Å². The van der Waals surface area contributed by atoms with E-state index in [0.717, 1.165) is 64.3 Å². The second kappa shape index (κ2) is 8.82. The second-order valence-electron chi connectivity index (χ2n) is 8.26. The van der Waals surface area contributed by atoms with Crippen molar-refractivity contribution in [1.29, 1.82) is 0 Å². The number of nitrogens with one attached hydrogen (secondary N) is 1. The summed E-state index contributed by atoms with van der Waals surface area (Å²) in [5, 5.41) is 3.24. The molecule has 1 amide bonds. The van der Waals surface area contributed by atoms with E-state index in [2.05, 4.69) is 46.3 Å². The molecule has 1 aromatic carbocycles. The van der Waals surface area contributed by atoms with Crippen LogP contribution in [0.4, 0.5) is 5.69 Å². The number of carbonyl (C=O) groups is 1. The van der Waals surface area contributed by atoms with E-state index in [9.17, 15) is 4.79 Å². The summed E-state index contributed by atoms with van der Waals surface area (Å²) in [7, 11) is 0. The molecule has 0 radical (unpaired) electrons. The lowest BCUT2D eigenvalue weighted by Crippen LogP contribution is -2.41. The van der Waals surface area contributed by atoms with Crippen molar-refractivity contribution < 1.29 is 9.21 Å². The van der Waals surface area contributed by atoms with Crippen LogP contribution >= 0.6 is 0 Å². The first-order valence-corrected chi connectivity index (χ1v) is 10.5. The van der Waals surface area contributed by atoms with Gasteiger partial charge in [-0.2, -0.15) is 0 Å². The number of benzene rings is 1. The van der Waals surface area contributed by atoms with Crippen molar-refractivity contribution in [2.45, 2.75) is 32.7 Å². The number of amides is 1. The highest BCUT2D eigenvalue weighted by molar-refractivity contribution is 5.78. The predicted molar refractivity (Wildman–Crippen MR) is 111 cm³/mol. The molecule has 5 heteroatoms. The van der Waals surface area contributed by atoms with Crippen LogP contribution in [-0.4, -0.2) is 43.5 Å². The third kappa shape index (κ3) is 4.58. The van der Waals surface area contributed by atoms with Gasteiger partial charge in [0.15, 0.2) is 0 Å². The predicted octanol–water partition coefficient (Wildman–Crippen LogP) is 3.44. The Morgan fingerprint density at radius 3 is 2.68 bits per heavy atom. The minimum absolute atomic E-state index is 0.154. The largest absolute Gasteiger partial charge is 0.468 e. The van der Waals surface area contributed by atoms with Crippen LogP contribution in [0.5, 0.6) is 0 Å². The lowest BCUT2D eigenvalue weighted by Gasteiger charge is -2.30. The van der Waals surface area contributed by atoms with Crippen LogP contribution in [0, 0.1) is 18.8 Å². The molecule has 3 heterocycles. The number of hydrogen-bond donors (Lipinski definition) is 1. The summed E-state index contributed by atoms with van der Waals surface area (Å²) in [5.74, 6) is 1.94. The maximum atomic E-state index is 12.6. The quantitative estimate of drug-likeness (QED) is 0.833. The normalized spacial score (nSPS) is 21.2. The Hall–Kier alpha value is -2.27. The van der Waals surface area contributed by atoms with Gasteiger partial charge in [-0.3, -0.25) is 9.69 Å². The summed E-state index contributed by atoms with van der Waals surface area (Å²) in [6.07, 6.45) is 4.74. The number of para-hydroxylation sites is 1. The number of anilines is 1. The number of likely N-dealkylation sites (tertiary alicyclic amines) is 1. The summed E-state index contributed by atoms with van der Waals surface area (Å²) >= 11 is 0. The first-order chi connectivity index (χ1) is 13.7. The summed E-state index contributed by atoms with van der Waals surface area (Å²) < 4.78 is 5.43. The van der Waals surface area contributed by atoms with E-state index in [4.69, 9.17) is 4.42 Å². The van der Waals surface area contributed by atoms with E-state index in [1.807, 2.05) is 12.1 Å². The standard InChI is InChI=1S/C23H31N3O2/c1-18-5-2-3-7-22(18)26-13-8-19(16-26)15-24-23(27)20-9-11-25(12-10-20)17-21-6-4-14-28-21/h2-7,14,19-20H,8-13,15-17H2,1H3,(H,24,27)/t19-/m0/s1. The number of hydrogen-bond acceptors (Lipinski definition) is 4. The maximum absolute atomic E-state index is 12.6. The van der Waals surface area contributed by atoms with Crippen molar-refractivity contribution in [1.82, 2.24) is 10.2 Å². The van der Waals surface area contributed by atoms with Crippen molar-refractivity contribution in [3.05, 3.63) is 54.0 Å². The third-order valence-electron chi connectivity index (χ3n) is 6.22. The third-order valence-corrected chi connectivity index (χ3v) is 6.22. The molecule has 0 saturated carbocycles. The van der Waals surface area contributed by atoms with Gasteiger partial charge < -0.3 is 14.6 Å². The van der Waals surface area contributed by atoms with Gasteiger partial charge in [0.05, 0.1) is 12.8 Å². The van der Waals surface area contributed by atoms with Crippen LogP contribution in [0.3, 0.4) is 0 Å². The Bertz CT molecular complexity index is 766. The molecule has 2 saturated heterocycles. The number of furan rings is 1. The molecule has 2 aliphatic heterocycles. The van der Waals surface area contributed by atoms with Crippen LogP contribution < -0.4 is 10.2 Å². The lowest BCUT2D eigenvalue weighted by atomic mass is 9.95. The van der Waals surface area contributed by atoms with Gasteiger partial charge in [-0.1, -0.05) is 18.2 Å². The fraction of sp³-hybridized carbons (Fsp3) is 0.522. The van der Waals surface area contributed by atoms with Crippen LogP contribution in [0.2, 0.25) is 0 Å². The summed E-state index contributed by atoms with van der Waals surface area (Å²) in [4.78, 5) is 17.5. The number of carbonyl (C=O) groups excluding carboxylic acids is 1. The zero-order chi connectivity index (χ0) is 19.3. The van der Waals surface area contributed by atoms with Gasteiger partial charge in [-0.25, -0.2) is 0 Å². The summed E-state index contributed by atoms with van der Waals surface area (Å²) in [6.45, 7) is 7.85. The molecule has 2 aliphatic rings. The zero-order valence-electron chi connectivity index (χ0n) is 16.8.